The minimum absolute atomic E-state index is 0.116. The number of rotatable bonds is 5. The van der Waals surface area contributed by atoms with Gasteiger partial charge in [0, 0.05) is 24.8 Å². The summed E-state index contributed by atoms with van der Waals surface area (Å²) < 4.78 is 0. The number of phenols is 2. The van der Waals surface area contributed by atoms with Gasteiger partial charge in [-0.15, -0.1) is 0 Å². The first-order chi connectivity index (χ1) is 10.5. The summed E-state index contributed by atoms with van der Waals surface area (Å²) in [4.78, 5) is 14.7. The van der Waals surface area contributed by atoms with Gasteiger partial charge in [0.1, 0.15) is 11.5 Å². The number of aromatic hydroxyl groups is 2. The Hall–Kier alpha value is -2.69. The molecule has 0 amide bonds. The van der Waals surface area contributed by atoms with Crippen LogP contribution in [-0.4, -0.2) is 29.1 Å². The van der Waals surface area contributed by atoms with Gasteiger partial charge in [-0.3, -0.25) is 4.79 Å². The highest BCUT2D eigenvalue weighted by atomic mass is 16.3. The molecule has 0 unspecified atom stereocenters. The molecule has 5 heteroatoms. The molecule has 0 aliphatic heterocycles. The van der Waals surface area contributed by atoms with Crippen LogP contribution in [0.4, 0.5) is 11.4 Å². The summed E-state index contributed by atoms with van der Waals surface area (Å²) in [5.41, 5.74) is 7.05. The molecule has 0 spiro atoms. The standard InChI is InChI=1S/C17H20N2O3/c1-3-19(4-2)13-9-11(18)10-15(21)16(13)17(22)12-7-5-6-8-14(12)20/h5-10,20-21H,3-4,18H2,1-2H3. The molecule has 0 radical (unpaired) electrons. The second-order valence-corrected chi connectivity index (χ2v) is 4.95. The van der Waals surface area contributed by atoms with Crippen molar-refractivity contribution in [2.24, 2.45) is 0 Å². The van der Waals surface area contributed by atoms with Crippen molar-refractivity contribution in [1.29, 1.82) is 0 Å². The highest BCUT2D eigenvalue weighted by molar-refractivity contribution is 6.15. The van der Waals surface area contributed by atoms with Crippen LogP contribution in [0.2, 0.25) is 0 Å². The lowest BCUT2D eigenvalue weighted by Crippen LogP contribution is -2.24. The van der Waals surface area contributed by atoms with E-state index in [0.717, 1.165) is 0 Å². The van der Waals surface area contributed by atoms with Gasteiger partial charge < -0.3 is 20.8 Å². The zero-order valence-corrected chi connectivity index (χ0v) is 12.7. The third-order valence-electron chi connectivity index (χ3n) is 3.60. The summed E-state index contributed by atoms with van der Waals surface area (Å²) in [7, 11) is 0. The number of benzene rings is 2. The SMILES string of the molecule is CCN(CC)c1cc(N)cc(O)c1C(=O)c1ccccc1O. The van der Waals surface area contributed by atoms with Crippen LogP contribution in [0, 0.1) is 0 Å². The number of nitrogens with zero attached hydrogens (tertiary/aromatic N) is 1. The molecular weight excluding hydrogens is 280 g/mol. The average Bonchev–Trinajstić information content (AvgIpc) is 2.48. The summed E-state index contributed by atoms with van der Waals surface area (Å²) >= 11 is 0. The molecule has 0 heterocycles. The Morgan fingerprint density at radius 1 is 1.09 bits per heavy atom. The second kappa shape index (κ2) is 6.39. The van der Waals surface area contributed by atoms with Gasteiger partial charge in [-0.1, -0.05) is 12.1 Å². The molecule has 0 fully saturated rings. The molecule has 0 atom stereocenters. The topological polar surface area (TPSA) is 86.8 Å². The van der Waals surface area contributed by atoms with Crippen LogP contribution in [0.3, 0.4) is 0 Å². The highest BCUT2D eigenvalue weighted by Gasteiger charge is 2.23. The molecular formula is C17H20N2O3. The van der Waals surface area contributed by atoms with Crippen molar-refractivity contribution in [3.05, 3.63) is 47.5 Å². The van der Waals surface area contributed by atoms with Gasteiger partial charge in [0.2, 0.25) is 5.78 Å². The van der Waals surface area contributed by atoms with Gasteiger partial charge in [0.15, 0.2) is 0 Å². The monoisotopic (exact) mass is 300 g/mol. The molecule has 4 N–H and O–H groups in total. The number of hydrogen-bond acceptors (Lipinski definition) is 5. The molecule has 0 saturated carbocycles. The number of anilines is 2. The van der Waals surface area contributed by atoms with Gasteiger partial charge in [0.05, 0.1) is 16.8 Å². The second-order valence-electron chi connectivity index (χ2n) is 4.95. The molecule has 0 bridgehead atoms. The molecule has 2 rings (SSSR count). The maximum absolute atomic E-state index is 12.8. The van der Waals surface area contributed by atoms with Crippen LogP contribution >= 0.6 is 0 Å². The number of nitrogen functional groups attached to an aromatic ring is 1. The van der Waals surface area contributed by atoms with E-state index in [-0.39, 0.29) is 22.6 Å². The van der Waals surface area contributed by atoms with Gasteiger partial charge in [0.25, 0.3) is 0 Å². The number of carbonyl (C=O) groups is 1. The Balaban J connectivity index is 2.64. The number of para-hydroxylation sites is 1. The van der Waals surface area contributed by atoms with Crippen molar-refractivity contribution in [1.82, 2.24) is 0 Å². The minimum atomic E-state index is -0.433. The summed E-state index contributed by atoms with van der Waals surface area (Å²) in [6.45, 7) is 5.25. The molecule has 0 aliphatic carbocycles. The molecule has 0 aliphatic rings. The molecule has 5 nitrogen and oxygen atoms in total. The largest absolute Gasteiger partial charge is 0.507 e. The van der Waals surface area contributed by atoms with Crippen molar-refractivity contribution in [2.45, 2.75) is 13.8 Å². The van der Waals surface area contributed by atoms with E-state index in [9.17, 15) is 15.0 Å². The van der Waals surface area contributed by atoms with Crippen LogP contribution in [0.5, 0.6) is 11.5 Å². The van der Waals surface area contributed by atoms with Crippen molar-refractivity contribution in [3.8, 4) is 11.5 Å². The lowest BCUT2D eigenvalue weighted by Gasteiger charge is -2.24. The van der Waals surface area contributed by atoms with Crippen molar-refractivity contribution in [2.75, 3.05) is 23.7 Å². The zero-order valence-electron chi connectivity index (χ0n) is 12.7. The van der Waals surface area contributed by atoms with Gasteiger partial charge in [-0.05, 0) is 32.0 Å². The van der Waals surface area contributed by atoms with Gasteiger partial charge >= 0.3 is 0 Å². The number of nitrogens with two attached hydrogens (primary N) is 1. The van der Waals surface area contributed by atoms with E-state index in [0.29, 0.717) is 24.5 Å². The fourth-order valence-corrected chi connectivity index (χ4v) is 2.48. The summed E-state index contributed by atoms with van der Waals surface area (Å²) in [6, 6.07) is 9.29. The predicted octanol–water partition coefficient (Wildman–Crippen LogP) is 2.76. The van der Waals surface area contributed by atoms with Gasteiger partial charge in [-0.2, -0.15) is 0 Å². The Morgan fingerprint density at radius 3 is 2.32 bits per heavy atom. The third-order valence-corrected chi connectivity index (χ3v) is 3.60. The lowest BCUT2D eigenvalue weighted by molar-refractivity contribution is 0.103. The maximum atomic E-state index is 12.8. The predicted molar refractivity (Wildman–Crippen MR) is 87.6 cm³/mol. The van der Waals surface area contributed by atoms with E-state index in [1.54, 1.807) is 18.2 Å². The molecule has 2 aromatic carbocycles. The maximum Gasteiger partial charge on any atom is 0.202 e. The Morgan fingerprint density at radius 2 is 1.73 bits per heavy atom. The first kappa shape index (κ1) is 15.7. The Bertz CT molecular complexity index is 694. The van der Waals surface area contributed by atoms with E-state index in [1.165, 1.54) is 18.2 Å². The molecule has 22 heavy (non-hydrogen) atoms. The highest BCUT2D eigenvalue weighted by Crippen LogP contribution is 2.35. The normalized spacial score (nSPS) is 10.5. The Labute approximate surface area is 129 Å². The van der Waals surface area contributed by atoms with Crippen LogP contribution in [0.25, 0.3) is 0 Å². The zero-order chi connectivity index (χ0) is 16.3. The third kappa shape index (κ3) is 2.83. The molecule has 0 saturated heterocycles. The molecule has 0 aromatic heterocycles. The van der Waals surface area contributed by atoms with E-state index in [1.807, 2.05) is 18.7 Å². The summed E-state index contributed by atoms with van der Waals surface area (Å²) in [5.74, 6) is -0.734. The number of carbonyl (C=O) groups excluding carboxylic acids is 1. The number of ketones is 1. The van der Waals surface area contributed by atoms with E-state index < -0.39 is 5.78 Å². The van der Waals surface area contributed by atoms with Gasteiger partial charge in [-0.25, -0.2) is 0 Å². The fourth-order valence-electron chi connectivity index (χ4n) is 2.48. The number of phenolic OH excluding ortho intramolecular Hbond substituents is 2. The summed E-state index contributed by atoms with van der Waals surface area (Å²) in [5, 5.41) is 20.1. The van der Waals surface area contributed by atoms with Crippen molar-refractivity contribution < 1.29 is 15.0 Å². The van der Waals surface area contributed by atoms with Crippen molar-refractivity contribution in [3.63, 3.8) is 0 Å². The quantitative estimate of drug-likeness (QED) is 0.584. The first-order valence-corrected chi connectivity index (χ1v) is 7.19. The average molecular weight is 300 g/mol. The molecule has 116 valence electrons. The van der Waals surface area contributed by atoms with Crippen LogP contribution in [-0.2, 0) is 0 Å². The minimum Gasteiger partial charge on any atom is -0.507 e. The van der Waals surface area contributed by atoms with Crippen LogP contribution < -0.4 is 10.6 Å². The first-order valence-electron chi connectivity index (χ1n) is 7.19. The lowest BCUT2D eigenvalue weighted by atomic mass is 9.98. The van der Waals surface area contributed by atoms with Crippen LogP contribution in [0.15, 0.2) is 36.4 Å². The Kier molecular flexibility index (Phi) is 4.56. The number of hydrogen-bond donors (Lipinski definition) is 3. The summed E-state index contributed by atoms with van der Waals surface area (Å²) in [6.07, 6.45) is 0. The smallest absolute Gasteiger partial charge is 0.202 e. The van der Waals surface area contributed by atoms with Crippen molar-refractivity contribution >= 4 is 17.2 Å². The van der Waals surface area contributed by atoms with E-state index >= 15 is 0 Å². The fraction of sp³-hybridized carbons (Fsp3) is 0.235. The van der Waals surface area contributed by atoms with E-state index in [4.69, 9.17) is 5.73 Å². The molecule has 2 aromatic rings. The van der Waals surface area contributed by atoms with E-state index in [2.05, 4.69) is 0 Å². The van der Waals surface area contributed by atoms with Crippen LogP contribution in [0.1, 0.15) is 29.8 Å².